The van der Waals surface area contributed by atoms with E-state index in [0.717, 1.165) is 16.8 Å². The molecule has 0 fully saturated rings. The zero-order chi connectivity index (χ0) is 16.9. The molecule has 1 aliphatic heterocycles. The Balaban J connectivity index is 1.67. The fourth-order valence-corrected chi connectivity index (χ4v) is 2.75. The lowest BCUT2D eigenvalue weighted by atomic mass is 10.0. The summed E-state index contributed by atoms with van der Waals surface area (Å²) in [4.78, 5) is 25.0. The molecule has 2 aromatic carbocycles. The van der Waals surface area contributed by atoms with Crippen LogP contribution >= 0.6 is 15.9 Å². The number of anilines is 1. The molecule has 0 aromatic heterocycles. The Morgan fingerprint density at radius 1 is 1.08 bits per heavy atom. The molecule has 1 amide bonds. The second-order valence-electron chi connectivity index (χ2n) is 5.26. The average Bonchev–Trinajstić information content (AvgIpc) is 2.97. The number of hydrogen-bond acceptors (Lipinski definition) is 3. The van der Waals surface area contributed by atoms with Gasteiger partial charge in [-0.05, 0) is 29.8 Å². The molecule has 0 saturated heterocycles. The molecule has 0 atom stereocenters. The van der Waals surface area contributed by atoms with Crippen molar-refractivity contribution in [1.29, 1.82) is 0 Å². The summed E-state index contributed by atoms with van der Waals surface area (Å²) in [5, 5.41) is 2.85. The molecule has 0 bridgehead atoms. The summed E-state index contributed by atoms with van der Waals surface area (Å²) < 4.78 is 5.05. The maximum atomic E-state index is 12.1. The van der Waals surface area contributed by atoms with Crippen molar-refractivity contribution in [3.8, 4) is 0 Å². The molecule has 120 valence electrons. The van der Waals surface area contributed by atoms with Gasteiger partial charge in [-0.2, -0.15) is 0 Å². The van der Waals surface area contributed by atoms with Gasteiger partial charge in [0.15, 0.2) is 0 Å². The van der Waals surface area contributed by atoms with Gasteiger partial charge in [0.2, 0.25) is 0 Å². The first-order valence-electron chi connectivity index (χ1n) is 7.34. The quantitative estimate of drug-likeness (QED) is 0.804. The molecular weight excluding hydrogens is 370 g/mol. The third kappa shape index (κ3) is 3.81. The summed E-state index contributed by atoms with van der Waals surface area (Å²) in [5.41, 5.74) is 3.17. The van der Waals surface area contributed by atoms with Gasteiger partial charge < -0.3 is 10.1 Å². The standard InChI is InChI=1S/C19H14BrNO3/c20-12-17-15(11-18(22)24-17)10-13-6-8-16(9-7-13)21-19(23)14-4-2-1-3-5-14/h1-9,11-12H,10H2,(H,21,23)/b17-12+. The number of allylic oxidation sites excluding steroid dienone is 1. The minimum Gasteiger partial charge on any atom is -0.422 e. The van der Waals surface area contributed by atoms with Crippen molar-refractivity contribution in [3.63, 3.8) is 0 Å². The normalized spacial score (nSPS) is 15.1. The van der Waals surface area contributed by atoms with Crippen LogP contribution in [0.1, 0.15) is 15.9 Å². The van der Waals surface area contributed by atoms with Crippen molar-refractivity contribution in [2.45, 2.75) is 6.42 Å². The molecule has 1 aliphatic rings. The molecule has 0 radical (unpaired) electrons. The number of esters is 1. The van der Waals surface area contributed by atoms with E-state index in [-0.39, 0.29) is 11.9 Å². The lowest BCUT2D eigenvalue weighted by Gasteiger charge is -2.07. The topological polar surface area (TPSA) is 55.4 Å². The van der Waals surface area contributed by atoms with Crippen LogP contribution in [0.4, 0.5) is 5.69 Å². The number of carbonyl (C=O) groups excluding carboxylic acids is 2. The Labute approximate surface area is 148 Å². The minimum atomic E-state index is -0.359. The smallest absolute Gasteiger partial charge is 0.336 e. The van der Waals surface area contributed by atoms with Crippen molar-refractivity contribution in [2.24, 2.45) is 0 Å². The Hall–Kier alpha value is -2.66. The van der Waals surface area contributed by atoms with Crippen LogP contribution in [0.15, 0.2) is 77.0 Å². The van der Waals surface area contributed by atoms with E-state index in [1.165, 1.54) is 6.08 Å². The summed E-state index contributed by atoms with van der Waals surface area (Å²) in [7, 11) is 0. The summed E-state index contributed by atoms with van der Waals surface area (Å²) in [5.74, 6) is 0.0225. The first-order chi connectivity index (χ1) is 11.7. The van der Waals surface area contributed by atoms with Crippen molar-refractivity contribution in [2.75, 3.05) is 5.32 Å². The fourth-order valence-electron chi connectivity index (χ4n) is 2.37. The Morgan fingerprint density at radius 3 is 2.46 bits per heavy atom. The maximum Gasteiger partial charge on any atom is 0.336 e. The maximum absolute atomic E-state index is 12.1. The van der Waals surface area contributed by atoms with Gasteiger partial charge in [-0.1, -0.05) is 46.3 Å². The largest absolute Gasteiger partial charge is 0.422 e. The second kappa shape index (κ2) is 7.27. The molecule has 1 N–H and O–H groups in total. The van der Waals surface area contributed by atoms with Crippen molar-refractivity contribution in [1.82, 2.24) is 0 Å². The van der Waals surface area contributed by atoms with Gasteiger partial charge in [0.1, 0.15) is 5.76 Å². The number of carbonyl (C=O) groups is 2. The predicted molar refractivity (Wildman–Crippen MR) is 95.7 cm³/mol. The monoisotopic (exact) mass is 383 g/mol. The molecule has 1 heterocycles. The fraction of sp³-hybridized carbons (Fsp3) is 0.0526. The molecule has 0 aliphatic carbocycles. The van der Waals surface area contributed by atoms with E-state index in [2.05, 4.69) is 21.2 Å². The number of nitrogens with one attached hydrogen (secondary N) is 1. The van der Waals surface area contributed by atoms with Gasteiger partial charge in [-0.15, -0.1) is 0 Å². The second-order valence-corrected chi connectivity index (χ2v) is 5.72. The van der Waals surface area contributed by atoms with E-state index in [1.54, 1.807) is 17.1 Å². The van der Waals surface area contributed by atoms with Gasteiger partial charge in [0, 0.05) is 34.3 Å². The predicted octanol–water partition coefficient (Wildman–Crippen LogP) is 4.20. The van der Waals surface area contributed by atoms with Crippen LogP contribution in [-0.4, -0.2) is 11.9 Å². The highest BCUT2D eigenvalue weighted by atomic mass is 79.9. The van der Waals surface area contributed by atoms with Crippen molar-refractivity contribution in [3.05, 3.63) is 88.1 Å². The van der Waals surface area contributed by atoms with E-state index < -0.39 is 0 Å². The molecule has 0 saturated carbocycles. The van der Waals surface area contributed by atoms with E-state index in [9.17, 15) is 9.59 Å². The molecule has 2 aromatic rings. The van der Waals surface area contributed by atoms with Gasteiger partial charge in [0.05, 0.1) is 0 Å². The lowest BCUT2D eigenvalue weighted by molar-refractivity contribution is -0.132. The molecule has 5 heteroatoms. The van der Waals surface area contributed by atoms with E-state index >= 15 is 0 Å². The molecule has 4 nitrogen and oxygen atoms in total. The highest BCUT2D eigenvalue weighted by molar-refractivity contribution is 9.11. The zero-order valence-corrected chi connectivity index (χ0v) is 14.2. The number of benzene rings is 2. The number of halogens is 1. The van der Waals surface area contributed by atoms with Crippen molar-refractivity contribution < 1.29 is 14.3 Å². The third-order valence-electron chi connectivity index (χ3n) is 3.56. The van der Waals surface area contributed by atoms with Crippen molar-refractivity contribution >= 4 is 33.5 Å². The van der Waals surface area contributed by atoms with Crippen LogP contribution in [0.5, 0.6) is 0 Å². The van der Waals surface area contributed by atoms with Gasteiger partial charge in [-0.25, -0.2) is 4.79 Å². The highest BCUT2D eigenvalue weighted by Gasteiger charge is 2.19. The van der Waals surface area contributed by atoms with Crippen LogP contribution in [0.3, 0.4) is 0 Å². The number of ether oxygens (including phenoxy) is 1. The molecular formula is C19H14BrNO3. The number of amides is 1. The summed E-state index contributed by atoms with van der Waals surface area (Å²) in [6.45, 7) is 0. The van der Waals surface area contributed by atoms with Crippen LogP contribution < -0.4 is 5.32 Å². The SMILES string of the molecule is O=C1C=C(Cc2ccc(NC(=O)c3ccccc3)cc2)/C(=C\Br)O1. The van der Waals surface area contributed by atoms with Crippen LogP contribution in [-0.2, 0) is 16.0 Å². The Kier molecular flexibility index (Phi) is 4.91. The first kappa shape index (κ1) is 16.2. The highest BCUT2D eigenvalue weighted by Crippen LogP contribution is 2.25. The van der Waals surface area contributed by atoms with E-state index in [1.807, 2.05) is 42.5 Å². The Bertz CT molecular complexity index is 823. The van der Waals surface area contributed by atoms with E-state index in [0.29, 0.717) is 17.7 Å². The molecule has 3 rings (SSSR count). The number of cyclic esters (lactones) is 1. The number of hydrogen-bond donors (Lipinski definition) is 1. The van der Waals surface area contributed by atoms with E-state index in [4.69, 9.17) is 4.74 Å². The minimum absolute atomic E-state index is 0.148. The van der Waals surface area contributed by atoms with Gasteiger partial charge in [-0.3, -0.25) is 4.79 Å². The van der Waals surface area contributed by atoms with Gasteiger partial charge >= 0.3 is 5.97 Å². The van der Waals surface area contributed by atoms with Gasteiger partial charge in [0.25, 0.3) is 5.91 Å². The average molecular weight is 384 g/mol. The third-order valence-corrected chi connectivity index (χ3v) is 3.98. The lowest BCUT2D eigenvalue weighted by Crippen LogP contribution is -2.11. The molecule has 24 heavy (non-hydrogen) atoms. The first-order valence-corrected chi connectivity index (χ1v) is 8.26. The summed E-state index contributed by atoms with van der Waals surface area (Å²) in [6.07, 6.45) is 2.06. The summed E-state index contributed by atoms with van der Waals surface area (Å²) in [6, 6.07) is 16.6. The number of rotatable bonds is 4. The Morgan fingerprint density at radius 2 is 1.79 bits per heavy atom. The molecule has 0 spiro atoms. The van der Waals surface area contributed by atoms with Crippen LogP contribution in [0.2, 0.25) is 0 Å². The van der Waals surface area contributed by atoms with Crippen LogP contribution in [0.25, 0.3) is 0 Å². The van der Waals surface area contributed by atoms with Crippen LogP contribution in [0, 0.1) is 0 Å². The molecule has 0 unspecified atom stereocenters. The summed E-state index contributed by atoms with van der Waals surface area (Å²) >= 11 is 3.19. The zero-order valence-electron chi connectivity index (χ0n) is 12.7.